The van der Waals surface area contributed by atoms with Gasteiger partial charge in [0.2, 0.25) is 5.91 Å². The fourth-order valence-electron chi connectivity index (χ4n) is 2.63. The fraction of sp³-hybridized carbons (Fsp3) is 0.238. The number of aromatic nitrogens is 3. The summed E-state index contributed by atoms with van der Waals surface area (Å²) in [4.78, 5) is 23.6. The average molecular weight is 410 g/mol. The monoisotopic (exact) mass is 410 g/mol. The highest BCUT2D eigenvalue weighted by Gasteiger charge is 2.14. The number of rotatable bonds is 9. The van der Waals surface area contributed by atoms with Gasteiger partial charge in [-0.15, -0.1) is 10.2 Å². The quantitative estimate of drug-likeness (QED) is 0.426. The first-order valence-electron chi connectivity index (χ1n) is 9.20. The van der Waals surface area contributed by atoms with Crippen LogP contribution in [0.15, 0.2) is 59.8 Å². The van der Waals surface area contributed by atoms with E-state index in [1.165, 1.54) is 18.7 Å². The molecule has 1 heterocycles. The summed E-state index contributed by atoms with van der Waals surface area (Å²) in [5.41, 5.74) is 1.26. The van der Waals surface area contributed by atoms with Gasteiger partial charge >= 0.3 is 0 Å². The Kier molecular flexibility index (Phi) is 7.02. The van der Waals surface area contributed by atoms with Crippen molar-refractivity contribution in [1.82, 2.24) is 14.8 Å². The molecule has 29 heavy (non-hydrogen) atoms. The molecule has 0 radical (unpaired) electrons. The second kappa shape index (κ2) is 9.88. The summed E-state index contributed by atoms with van der Waals surface area (Å²) in [6, 6.07) is 16.3. The maximum absolute atomic E-state index is 12.2. The molecule has 0 spiro atoms. The number of hydrogen-bond acceptors (Lipinski definition) is 6. The van der Waals surface area contributed by atoms with Crippen molar-refractivity contribution in [1.29, 1.82) is 0 Å². The number of Topliss-reactive ketones (excluding diaryl/α,β-unsaturated/α-hetero) is 1. The SMILES string of the molecule is CCn1c(COc2ccccc2)nnc1SCC(=O)Nc1ccc(C(C)=O)cc1. The molecule has 0 aliphatic heterocycles. The lowest BCUT2D eigenvalue weighted by Gasteiger charge is -2.09. The third-order valence-electron chi connectivity index (χ3n) is 4.13. The number of amides is 1. The van der Waals surface area contributed by atoms with Crippen molar-refractivity contribution in [3.05, 3.63) is 66.0 Å². The topological polar surface area (TPSA) is 86.1 Å². The molecule has 0 unspecified atom stereocenters. The van der Waals surface area contributed by atoms with Gasteiger partial charge in [-0.2, -0.15) is 0 Å². The number of ketones is 1. The number of carbonyl (C=O) groups is 2. The van der Waals surface area contributed by atoms with Crippen molar-refractivity contribution < 1.29 is 14.3 Å². The van der Waals surface area contributed by atoms with Gasteiger partial charge in [-0.05, 0) is 50.2 Å². The Bertz CT molecular complexity index is 971. The van der Waals surface area contributed by atoms with Crippen LogP contribution < -0.4 is 10.1 Å². The molecule has 1 amide bonds. The zero-order chi connectivity index (χ0) is 20.6. The minimum Gasteiger partial charge on any atom is -0.486 e. The zero-order valence-corrected chi connectivity index (χ0v) is 17.1. The van der Waals surface area contributed by atoms with Crippen LogP contribution in [0.1, 0.15) is 30.0 Å². The molecule has 0 saturated carbocycles. The largest absolute Gasteiger partial charge is 0.486 e. The fourth-order valence-corrected chi connectivity index (χ4v) is 3.45. The van der Waals surface area contributed by atoms with Crippen LogP contribution in [0.4, 0.5) is 5.69 Å². The second-order valence-corrected chi connectivity index (χ2v) is 7.16. The highest BCUT2D eigenvalue weighted by Crippen LogP contribution is 2.19. The number of benzene rings is 2. The van der Waals surface area contributed by atoms with Gasteiger partial charge in [0.1, 0.15) is 12.4 Å². The molecule has 0 saturated heterocycles. The summed E-state index contributed by atoms with van der Waals surface area (Å²) in [6.45, 7) is 4.49. The van der Waals surface area contributed by atoms with E-state index in [9.17, 15) is 9.59 Å². The van der Waals surface area contributed by atoms with Crippen LogP contribution in [0, 0.1) is 0 Å². The van der Waals surface area contributed by atoms with Gasteiger partial charge in [0.25, 0.3) is 0 Å². The minimum absolute atomic E-state index is 0.00983. The molecule has 0 aliphatic rings. The Balaban J connectivity index is 1.55. The van der Waals surface area contributed by atoms with E-state index in [0.717, 1.165) is 5.75 Å². The van der Waals surface area contributed by atoms with Crippen molar-refractivity contribution >= 4 is 29.1 Å². The van der Waals surface area contributed by atoms with E-state index in [1.54, 1.807) is 24.3 Å². The Hall–Kier alpha value is -3.13. The molecule has 3 rings (SSSR count). The van der Waals surface area contributed by atoms with E-state index < -0.39 is 0 Å². The smallest absolute Gasteiger partial charge is 0.234 e. The Morgan fingerprint density at radius 1 is 1.07 bits per heavy atom. The van der Waals surface area contributed by atoms with Gasteiger partial charge in [0.15, 0.2) is 16.8 Å². The van der Waals surface area contributed by atoms with Crippen molar-refractivity contribution in [2.45, 2.75) is 32.2 Å². The lowest BCUT2D eigenvalue weighted by atomic mass is 10.1. The number of carbonyl (C=O) groups excluding carboxylic acids is 2. The number of hydrogen-bond donors (Lipinski definition) is 1. The number of nitrogens with one attached hydrogen (secondary N) is 1. The normalized spacial score (nSPS) is 10.6. The van der Waals surface area contributed by atoms with Crippen LogP contribution in [0.5, 0.6) is 5.75 Å². The van der Waals surface area contributed by atoms with Gasteiger partial charge in [0.05, 0.1) is 5.75 Å². The first-order chi connectivity index (χ1) is 14.1. The summed E-state index contributed by atoms with van der Waals surface area (Å²) in [5.74, 6) is 1.51. The molecule has 8 heteroatoms. The van der Waals surface area contributed by atoms with Gasteiger partial charge in [-0.25, -0.2) is 0 Å². The Morgan fingerprint density at radius 2 is 1.79 bits per heavy atom. The van der Waals surface area contributed by atoms with Crippen LogP contribution in [-0.2, 0) is 17.9 Å². The number of nitrogens with zero attached hydrogens (tertiary/aromatic N) is 3. The van der Waals surface area contributed by atoms with Gasteiger partial charge in [0, 0.05) is 17.8 Å². The minimum atomic E-state index is -0.154. The van der Waals surface area contributed by atoms with E-state index in [0.29, 0.717) is 35.4 Å². The molecule has 7 nitrogen and oxygen atoms in total. The average Bonchev–Trinajstić information content (AvgIpc) is 3.13. The summed E-state index contributed by atoms with van der Waals surface area (Å²) < 4.78 is 7.68. The van der Waals surface area contributed by atoms with Crippen LogP contribution in [0.3, 0.4) is 0 Å². The maximum atomic E-state index is 12.2. The summed E-state index contributed by atoms with van der Waals surface area (Å²) in [7, 11) is 0. The molecule has 0 fully saturated rings. The van der Waals surface area contributed by atoms with Gasteiger partial charge in [-0.1, -0.05) is 30.0 Å². The molecule has 1 aromatic heterocycles. The van der Waals surface area contributed by atoms with Crippen LogP contribution in [0.25, 0.3) is 0 Å². The number of para-hydroxylation sites is 1. The van der Waals surface area contributed by atoms with E-state index in [1.807, 2.05) is 41.8 Å². The predicted molar refractivity (Wildman–Crippen MR) is 112 cm³/mol. The lowest BCUT2D eigenvalue weighted by Crippen LogP contribution is -2.15. The van der Waals surface area contributed by atoms with Crippen molar-refractivity contribution in [2.24, 2.45) is 0 Å². The van der Waals surface area contributed by atoms with Gasteiger partial charge in [-0.3, -0.25) is 9.59 Å². The van der Waals surface area contributed by atoms with Gasteiger partial charge < -0.3 is 14.6 Å². The lowest BCUT2D eigenvalue weighted by molar-refractivity contribution is -0.113. The second-order valence-electron chi connectivity index (χ2n) is 6.22. The Labute approximate surface area is 173 Å². The first kappa shape index (κ1) is 20.6. The van der Waals surface area contributed by atoms with E-state index in [4.69, 9.17) is 4.74 Å². The summed E-state index contributed by atoms with van der Waals surface area (Å²) >= 11 is 1.32. The van der Waals surface area contributed by atoms with Crippen molar-refractivity contribution in [3.63, 3.8) is 0 Å². The summed E-state index contributed by atoms with van der Waals surface area (Å²) in [5, 5.41) is 11.9. The molecule has 2 aromatic carbocycles. The predicted octanol–water partition coefficient (Wildman–Crippen LogP) is 3.81. The standard InChI is InChI=1S/C21H22N4O3S/c1-3-25-19(13-28-18-7-5-4-6-8-18)23-24-21(25)29-14-20(27)22-17-11-9-16(10-12-17)15(2)26/h4-12H,3,13-14H2,1-2H3,(H,22,27). The Morgan fingerprint density at radius 3 is 2.45 bits per heavy atom. The molecule has 0 aliphatic carbocycles. The zero-order valence-electron chi connectivity index (χ0n) is 16.3. The number of thioether (sulfide) groups is 1. The maximum Gasteiger partial charge on any atom is 0.234 e. The first-order valence-corrected chi connectivity index (χ1v) is 10.2. The van der Waals surface area contributed by atoms with E-state index in [2.05, 4.69) is 15.5 Å². The number of anilines is 1. The third kappa shape index (κ3) is 5.68. The molecule has 0 atom stereocenters. The molecule has 3 aromatic rings. The van der Waals surface area contributed by atoms with Crippen LogP contribution in [-0.4, -0.2) is 32.2 Å². The third-order valence-corrected chi connectivity index (χ3v) is 5.10. The molecule has 0 bridgehead atoms. The molecule has 150 valence electrons. The van der Waals surface area contributed by atoms with Crippen molar-refractivity contribution in [2.75, 3.05) is 11.1 Å². The van der Waals surface area contributed by atoms with E-state index >= 15 is 0 Å². The molecular weight excluding hydrogens is 388 g/mol. The van der Waals surface area contributed by atoms with E-state index in [-0.39, 0.29) is 17.4 Å². The highest BCUT2D eigenvalue weighted by molar-refractivity contribution is 7.99. The molecule has 1 N–H and O–H groups in total. The van der Waals surface area contributed by atoms with Crippen LogP contribution in [0.2, 0.25) is 0 Å². The number of ether oxygens (including phenoxy) is 1. The molecular formula is C21H22N4O3S. The van der Waals surface area contributed by atoms with Crippen LogP contribution >= 0.6 is 11.8 Å². The van der Waals surface area contributed by atoms with Crippen molar-refractivity contribution in [3.8, 4) is 5.75 Å². The highest BCUT2D eigenvalue weighted by atomic mass is 32.2. The summed E-state index contributed by atoms with van der Waals surface area (Å²) in [6.07, 6.45) is 0.